The Morgan fingerprint density at radius 2 is 2.00 bits per heavy atom. The maximum atomic E-state index is 12.4. The number of anilines is 1. The van der Waals surface area contributed by atoms with E-state index < -0.39 is 9.84 Å². The summed E-state index contributed by atoms with van der Waals surface area (Å²) in [7, 11) is -1.50. The van der Waals surface area contributed by atoms with Crippen molar-refractivity contribution in [3.8, 4) is 0 Å². The van der Waals surface area contributed by atoms with E-state index in [4.69, 9.17) is 5.73 Å². The molecule has 1 aromatic rings. The summed E-state index contributed by atoms with van der Waals surface area (Å²) in [6.45, 7) is 5.16. The summed E-state index contributed by atoms with van der Waals surface area (Å²) in [4.78, 5) is 13.9. The Morgan fingerprint density at radius 1 is 1.40 bits per heavy atom. The van der Waals surface area contributed by atoms with Gasteiger partial charge in [0.15, 0.2) is 9.84 Å². The van der Waals surface area contributed by atoms with Crippen LogP contribution < -0.4 is 5.73 Å². The molecular formula is C14H22N2O3S. The van der Waals surface area contributed by atoms with Crippen LogP contribution in [-0.4, -0.2) is 43.8 Å². The van der Waals surface area contributed by atoms with Gasteiger partial charge >= 0.3 is 0 Å². The van der Waals surface area contributed by atoms with Crippen LogP contribution in [0.15, 0.2) is 18.2 Å². The van der Waals surface area contributed by atoms with Crippen molar-refractivity contribution in [2.45, 2.75) is 26.8 Å². The van der Waals surface area contributed by atoms with Crippen LogP contribution in [0.3, 0.4) is 0 Å². The number of hydrogen-bond acceptors (Lipinski definition) is 4. The zero-order valence-electron chi connectivity index (χ0n) is 12.4. The molecule has 1 atom stereocenters. The highest BCUT2D eigenvalue weighted by Gasteiger charge is 2.23. The van der Waals surface area contributed by atoms with E-state index in [1.54, 1.807) is 39.1 Å². The second kappa shape index (κ2) is 6.26. The minimum absolute atomic E-state index is 0.0346. The standard InChI is InChI=1S/C14H22N2O3S/c1-5-20(18,19)9-11(3)16(4)14(17)13-8-12(15)7-6-10(13)2/h6-8,11H,5,9,15H2,1-4H3. The maximum absolute atomic E-state index is 12.4. The fourth-order valence-electron chi connectivity index (χ4n) is 1.86. The topological polar surface area (TPSA) is 80.5 Å². The second-order valence-corrected chi connectivity index (χ2v) is 7.44. The molecule has 0 aliphatic carbocycles. The molecule has 0 aliphatic heterocycles. The predicted molar refractivity (Wildman–Crippen MR) is 81.5 cm³/mol. The smallest absolute Gasteiger partial charge is 0.254 e. The van der Waals surface area contributed by atoms with Crippen LogP contribution in [0.1, 0.15) is 29.8 Å². The van der Waals surface area contributed by atoms with E-state index in [2.05, 4.69) is 0 Å². The van der Waals surface area contributed by atoms with E-state index in [-0.39, 0.29) is 23.5 Å². The van der Waals surface area contributed by atoms with Crippen molar-refractivity contribution in [1.82, 2.24) is 4.90 Å². The number of aryl methyl sites for hydroxylation is 1. The molecule has 2 N–H and O–H groups in total. The Kier molecular flexibility index (Phi) is 5.16. The summed E-state index contributed by atoms with van der Waals surface area (Å²) in [5.74, 6) is -0.169. The predicted octanol–water partition coefficient (Wildman–Crippen LogP) is 1.47. The zero-order chi connectivity index (χ0) is 15.5. The molecule has 5 nitrogen and oxygen atoms in total. The normalized spacial score (nSPS) is 13.0. The van der Waals surface area contributed by atoms with Crippen LogP contribution in [-0.2, 0) is 9.84 Å². The number of benzene rings is 1. The molecule has 0 saturated heterocycles. The molecule has 1 amide bonds. The first kappa shape index (κ1) is 16.5. The van der Waals surface area contributed by atoms with Crippen LogP contribution >= 0.6 is 0 Å². The number of sulfone groups is 1. The average molecular weight is 298 g/mol. The molecule has 0 aliphatic rings. The number of carbonyl (C=O) groups excluding carboxylic acids is 1. The SMILES string of the molecule is CCS(=O)(=O)CC(C)N(C)C(=O)c1cc(N)ccc1C. The number of hydrogen-bond donors (Lipinski definition) is 1. The van der Waals surface area contributed by atoms with E-state index in [1.165, 1.54) is 4.90 Å². The van der Waals surface area contributed by atoms with Gasteiger partial charge < -0.3 is 10.6 Å². The minimum Gasteiger partial charge on any atom is -0.399 e. The number of amides is 1. The molecule has 0 saturated carbocycles. The van der Waals surface area contributed by atoms with Gasteiger partial charge in [-0.15, -0.1) is 0 Å². The molecule has 0 aromatic heterocycles. The van der Waals surface area contributed by atoms with Crippen molar-refractivity contribution in [3.05, 3.63) is 29.3 Å². The number of nitrogen functional groups attached to an aromatic ring is 1. The van der Waals surface area contributed by atoms with Crippen molar-refractivity contribution in [1.29, 1.82) is 0 Å². The van der Waals surface area contributed by atoms with Crippen molar-refractivity contribution < 1.29 is 13.2 Å². The Hall–Kier alpha value is -1.56. The molecule has 1 unspecified atom stereocenters. The lowest BCUT2D eigenvalue weighted by Gasteiger charge is -2.25. The summed E-state index contributed by atoms with van der Waals surface area (Å²) >= 11 is 0. The fraction of sp³-hybridized carbons (Fsp3) is 0.500. The monoisotopic (exact) mass is 298 g/mol. The lowest BCUT2D eigenvalue weighted by molar-refractivity contribution is 0.0756. The van der Waals surface area contributed by atoms with Gasteiger partial charge in [0.1, 0.15) is 0 Å². The fourth-order valence-corrected chi connectivity index (χ4v) is 3.05. The van der Waals surface area contributed by atoms with Gasteiger partial charge in [0.2, 0.25) is 0 Å². The molecule has 0 bridgehead atoms. The van der Waals surface area contributed by atoms with Crippen molar-refractivity contribution in [2.24, 2.45) is 0 Å². The average Bonchev–Trinajstić information content (AvgIpc) is 2.39. The van der Waals surface area contributed by atoms with E-state index in [0.29, 0.717) is 11.3 Å². The van der Waals surface area contributed by atoms with Gasteiger partial charge in [-0.3, -0.25) is 4.79 Å². The number of carbonyl (C=O) groups is 1. The largest absolute Gasteiger partial charge is 0.399 e. The summed E-state index contributed by atoms with van der Waals surface area (Å²) in [5.41, 5.74) is 7.54. The highest BCUT2D eigenvalue weighted by Crippen LogP contribution is 2.16. The first-order valence-electron chi connectivity index (χ1n) is 6.51. The first-order chi connectivity index (χ1) is 9.18. The first-order valence-corrected chi connectivity index (χ1v) is 8.33. The Morgan fingerprint density at radius 3 is 2.55 bits per heavy atom. The second-order valence-electron chi connectivity index (χ2n) is 5.04. The van der Waals surface area contributed by atoms with E-state index in [9.17, 15) is 13.2 Å². The van der Waals surface area contributed by atoms with Crippen LogP contribution in [0.4, 0.5) is 5.69 Å². The van der Waals surface area contributed by atoms with E-state index in [1.807, 2.05) is 6.92 Å². The van der Waals surface area contributed by atoms with E-state index >= 15 is 0 Å². The molecule has 0 radical (unpaired) electrons. The minimum atomic E-state index is -3.12. The molecule has 112 valence electrons. The molecule has 1 rings (SSSR count). The van der Waals surface area contributed by atoms with Gasteiger partial charge in [0.05, 0.1) is 5.75 Å². The summed E-state index contributed by atoms with van der Waals surface area (Å²) in [5, 5.41) is 0. The highest BCUT2D eigenvalue weighted by atomic mass is 32.2. The van der Waals surface area contributed by atoms with Crippen molar-refractivity contribution in [3.63, 3.8) is 0 Å². The molecule has 6 heteroatoms. The Balaban J connectivity index is 2.94. The zero-order valence-corrected chi connectivity index (χ0v) is 13.2. The molecule has 0 fully saturated rings. The van der Waals surface area contributed by atoms with Gasteiger partial charge in [-0.2, -0.15) is 0 Å². The number of nitrogens with two attached hydrogens (primary N) is 1. The lowest BCUT2D eigenvalue weighted by Crippen LogP contribution is -2.40. The van der Waals surface area contributed by atoms with Gasteiger partial charge in [-0.05, 0) is 31.5 Å². The quantitative estimate of drug-likeness (QED) is 0.835. The summed E-state index contributed by atoms with van der Waals surface area (Å²) < 4.78 is 23.3. The third-order valence-electron chi connectivity index (χ3n) is 3.41. The van der Waals surface area contributed by atoms with Gasteiger partial charge in [0, 0.05) is 30.1 Å². The molecule has 0 spiro atoms. The third kappa shape index (κ3) is 3.96. The molecule has 0 heterocycles. The van der Waals surface area contributed by atoms with Crippen molar-refractivity contribution in [2.75, 3.05) is 24.3 Å². The molecule has 20 heavy (non-hydrogen) atoms. The van der Waals surface area contributed by atoms with E-state index in [0.717, 1.165) is 5.56 Å². The van der Waals surface area contributed by atoms with Crippen LogP contribution in [0.5, 0.6) is 0 Å². The summed E-state index contributed by atoms with van der Waals surface area (Å²) in [6.07, 6.45) is 0. The third-order valence-corrected chi connectivity index (χ3v) is 5.28. The summed E-state index contributed by atoms with van der Waals surface area (Å²) in [6, 6.07) is 4.75. The Bertz CT molecular complexity index is 596. The van der Waals surface area contributed by atoms with Crippen molar-refractivity contribution >= 4 is 21.4 Å². The highest BCUT2D eigenvalue weighted by molar-refractivity contribution is 7.91. The number of rotatable bonds is 5. The van der Waals surface area contributed by atoms with Gasteiger partial charge in [0.25, 0.3) is 5.91 Å². The van der Waals surface area contributed by atoms with Gasteiger partial charge in [-0.25, -0.2) is 8.42 Å². The van der Waals surface area contributed by atoms with Crippen LogP contribution in [0.25, 0.3) is 0 Å². The maximum Gasteiger partial charge on any atom is 0.254 e. The lowest BCUT2D eigenvalue weighted by atomic mass is 10.1. The van der Waals surface area contributed by atoms with Gasteiger partial charge in [-0.1, -0.05) is 13.0 Å². The number of nitrogens with zero attached hydrogens (tertiary/aromatic N) is 1. The van der Waals surface area contributed by atoms with Crippen LogP contribution in [0.2, 0.25) is 0 Å². The molecular weight excluding hydrogens is 276 g/mol. The Labute approximate surface area is 120 Å². The van der Waals surface area contributed by atoms with Crippen LogP contribution in [0, 0.1) is 6.92 Å². The molecule has 1 aromatic carbocycles.